The first-order valence-electron chi connectivity index (χ1n) is 9.23. The second-order valence-corrected chi connectivity index (χ2v) is 8.51. The molecular formula is C19H21ClFN5O3. The van der Waals surface area contributed by atoms with E-state index in [1.165, 1.54) is 22.2 Å². The van der Waals surface area contributed by atoms with E-state index in [0.29, 0.717) is 29.9 Å². The molecule has 1 fully saturated rings. The lowest BCUT2D eigenvalue weighted by molar-refractivity contribution is -0.120. The van der Waals surface area contributed by atoms with Crippen molar-refractivity contribution >= 4 is 45.9 Å². The molecule has 0 N–H and O–H groups in total. The van der Waals surface area contributed by atoms with Gasteiger partial charge >= 0.3 is 6.09 Å². The smallest absolute Gasteiger partial charge is 0.410 e. The van der Waals surface area contributed by atoms with Gasteiger partial charge in [0, 0.05) is 31.7 Å². The standard InChI is InChI=1S/C19H21ClFN5O3/c1-19(2,3)29-18(28)25-5-6-26-12(9-25)17(27)24(4)11-8-22-14-10(15(11)26)7-23-16(20)13(14)21/h7-8,12H,5-6,9H2,1-4H3/t12-/m0/s1. The van der Waals surface area contributed by atoms with E-state index in [4.69, 9.17) is 16.3 Å². The summed E-state index contributed by atoms with van der Waals surface area (Å²) < 4.78 is 19.9. The molecule has 0 spiro atoms. The zero-order chi connectivity index (χ0) is 21.1. The minimum atomic E-state index is -0.699. The van der Waals surface area contributed by atoms with Crippen LogP contribution in [-0.4, -0.2) is 65.2 Å². The topological polar surface area (TPSA) is 78.9 Å². The summed E-state index contributed by atoms with van der Waals surface area (Å²) in [6.45, 7) is 6.31. The number of ether oxygens (including phenoxy) is 1. The van der Waals surface area contributed by atoms with E-state index < -0.39 is 23.6 Å². The maximum Gasteiger partial charge on any atom is 0.410 e. The number of anilines is 2. The van der Waals surface area contributed by atoms with Gasteiger partial charge < -0.3 is 19.4 Å². The number of amides is 2. The van der Waals surface area contributed by atoms with Crippen LogP contribution in [0.5, 0.6) is 0 Å². The van der Waals surface area contributed by atoms with E-state index in [-0.39, 0.29) is 23.1 Å². The lowest BCUT2D eigenvalue weighted by Gasteiger charge is -2.47. The quantitative estimate of drug-likeness (QED) is 0.609. The summed E-state index contributed by atoms with van der Waals surface area (Å²) >= 11 is 5.80. The Bertz CT molecular complexity index is 1030. The summed E-state index contributed by atoms with van der Waals surface area (Å²) in [5.74, 6) is -0.871. The van der Waals surface area contributed by atoms with Crippen molar-refractivity contribution in [2.45, 2.75) is 32.4 Å². The molecule has 10 heteroatoms. The van der Waals surface area contributed by atoms with Gasteiger partial charge in [0.1, 0.15) is 17.2 Å². The summed E-state index contributed by atoms with van der Waals surface area (Å²) in [5, 5.41) is 0.218. The minimum absolute atomic E-state index is 0.0971. The fourth-order valence-electron chi connectivity index (χ4n) is 3.72. The number of carbonyl (C=O) groups is 2. The third kappa shape index (κ3) is 3.23. The number of likely N-dealkylation sites (N-methyl/N-ethyl adjacent to an activating group) is 1. The highest BCUT2D eigenvalue weighted by atomic mass is 35.5. The first-order valence-corrected chi connectivity index (χ1v) is 9.61. The molecule has 1 saturated heterocycles. The third-order valence-electron chi connectivity index (χ3n) is 5.06. The van der Waals surface area contributed by atoms with Gasteiger partial charge in [-0.1, -0.05) is 11.6 Å². The molecule has 0 aliphatic carbocycles. The van der Waals surface area contributed by atoms with Gasteiger partial charge in [0.25, 0.3) is 5.91 Å². The Morgan fingerprint density at radius 2 is 2.00 bits per heavy atom. The molecule has 2 aromatic rings. The van der Waals surface area contributed by atoms with Crippen molar-refractivity contribution in [3.05, 3.63) is 23.4 Å². The number of fused-ring (bicyclic) bond motifs is 5. The largest absolute Gasteiger partial charge is 0.444 e. The number of hydrogen-bond acceptors (Lipinski definition) is 6. The number of nitrogens with zero attached hydrogens (tertiary/aromatic N) is 5. The van der Waals surface area contributed by atoms with E-state index in [9.17, 15) is 14.0 Å². The van der Waals surface area contributed by atoms with Crippen molar-refractivity contribution in [1.29, 1.82) is 0 Å². The molecule has 2 aliphatic rings. The van der Waals surface area contributed by atoms with Crippen molar-refractivity contribution in [1.82, 2.24) is 14.9 Å². The Morgan fingerprint density at radius 3 is 2.69 bits per heavy atom. The molecule has 0 radical (unpaired) electrons. The van der Waals surface area contributed by atoms with Crippen molar-refractivity contribution in [3.8, 4) is 0 Å². The molecule has 8 nitrogen and oxygen atoms in total. The summed E-state index contributed by atoms with van der Waals surface area (Å²) in [5.41, 5.74) is 0.695. The van der Waals surface area contributed by atoms with Crippen LogP contribution in [0.4, 0.5) is 20.6 Å². The number of halogens is 2. The van der Waals surface area contributed by atoms with E-state index >= 15 is 0 Å². The van der Waals surface area contributed by atoms with Crippen LogP contribution in [0, 0.1) is 5.82 Å². The number of aromatic nitrogens is 2. The summed E-state index contributed by atoms with van der Waals surface area (Å²) in [7, 11) is 1.64. The average molecular weight is 422 g/mol. The van der Waals surface area contributed by atoms with Crippen molar-refractivity contribution in [3.63, 3.8) is 0 Å². The predicted molar refractivity (Wildman–Crippen MR) is 107 cm³/mol. The molecule has 154 valence electrons. The molecular weight excluding hydrogens is 401 g/mol. The number of hydrogen-bond donors (Lipinski definition) is 0. The normalized spacial score (nSPS) is 19.3. The van der Waals surface area contributed by atoms with E-state index in [1.807, 2.05) is 4.90 Å². The van der Waals surface area contributed by atoms with Gasteiger partial charge in [0.2, 0.25) is 0 Å². The lowest BCUT2D eigenvalue weighted by atomic mass is 10.0. The van der Waals surface area contributed by atoms with Crippen LogP contribution in [0.1, 0.15) is 20.8 Å². The third-order valence-corrected chi connectivity index (χ3v) is 5.32. The molecule has 4 rings (SSSR count). The minimum Gasteiger partial charge on any atom is -0.444 e. The van der Waals surface area contributed by atoms with Crippen LogP contribution in [0.3, 0.4) is 0 Å². The first-order chi connectivity index (χ1) is 13.6. The van der Waals surface area contributed by atoms with Crippen molar-refractivity contribution < 1.29 is 18.7 Å². The SMILES string of the molecule is CN1C(=O)[C@@H]2CN(C(=O)OC(C)(C)C)CCN2c2c1cnc1c(F)c(Cl)ncc21. The molecule has 0 unspecified atom stereocenters. The molecule has 4 heterocycles. The summed E-state index contributed by atoms with van der Waals surface area (Å²) in [6.07, 6.45) is 2.47. The zero-order valence-electron chi connectivity index (χ0n) is 16.6. The molecule has 2 amide bonds. The van der Waals surface area contributed by atoms with Gasteiger partial charge in [-0.3, -0.25) is 9.78 Å². The fourth-order valence-corrected chi connectivity index (χ4v) is 3.86. The Hall–Kier alpha value is -2.68. The Balaban J connectivity index is 1.75. The van der Waals surface area contributed by atoms with Crippen LogP contribution in [0.25, 0.3) is 10.9 Å². The van der Waals surface area contributed by atoms with E-state index in [1.54, 1.807) is 27.8 Å². The summed E-state index contributed by atoms with van der Waals surface area (Å²) in [4.78, 5) is 38.5. The lowest BCUT2D eigenvalue weighted by Crippen LogP contribution is -2.63. The highest BCUT2D eigenvalue weighted by Gasteiger charge is 2.43. The van der Waals surface area contributed by atoms with E-state index in [0.717, 1.165) is 0 Å². The second-order valence-electron chi connectivity index (χ2n) is 8.15. The maximum atomic E-state index is 14.5. The maximum absolute atomic E-state index is 14.5. The first kappa shape index (κ1) is 19.6. The van der Waals surface area contributed by atoms with Gasteiger partial charge in [-0.15, -0.1) is 0 Å². The molecule has 1 atom stereocenters. The molecule has 2 aromatic heterocycles. The van der Waals surface area contributed by atoms with Gasteiger partial charge in [-0.2, -0.15) is 0 Å². The van der Waals surface area contributed by atoms with Crippen molar-refractivity contribution in [2.75, 3.05) is 36.5 Å². The van der Waals surface area contributed by atoms with Gasteiger partial charge in [0.15, 0.2) is 11.0 Å². The average Bonchev–Trinajstić information content (AvgIpc) is 2.66. The van der Waals surface area contributed by atoms with E-state index in [2.05, 4.69) is 9.97 Å². The predicted octanol–water partition coefficient (Wildman–Crippen LogP) is 2.82. The number of rotatable bonds is 0. The molecule has 0 aromatic carbocycles. The van der Waals surface area contributed by atoms with Crippen LogP contribution >= 0.6 is 11.6 Å². The molecule has 0 saturated carbocycles. The van der Waals surface area contributed by atoms with Gasteiger partial charge in [0.05, 0.1) is 24.1 Å². The van der Waals surface area contributed by atoms with Crippen molar-refractivity contribution in [2.24, 2.45) is 0 Å². The highest BCUT2D eigenvalue weighted by Crippen LogP contribution is 2.42. The Kier molecular flexibility index (Phi) is 4.53. The van der Waals surface area contributed by atoms with Crippen LogP contribution in [0.2, 0.25) is 5.15 Å². The Labute approximate surface area is 172 Å². The monoisotopic (exact) mass is 421 g/mol. The number of piperazine rings is 1. The molecule has 0 bridgehead atoms. The highest BCUT2D eigenvalue weighted by molar-refractivity contribution is 6.30. The second kappa shape index (κ2) is 6.69. The molecule has 2 aliphatic heterocycles. The van der Waals surface area contributed by atoms with Gasteiger partial charge in [-0.05, 0) is 20.8 Å². The molecule has 29 heavy (non-hydrogen) atoms. The zero-order valence-corrected chi connectivity index (χ0v) is 17.3. The summed E-state index contributed by atoms with van der Waals surface area (Å²) in [6, 6.07) is -0.613. The van der Waals surface area contributed by atoms with Crippen LogP contribution < -0.4 is 9.80 Å². The number of pyridine rings is 2. The fraction of sp³-hybridized carbons (Fsp3) is 0.474. The Morgan fingerprint density at radius 1 is 1.28 bits per heavy atom. The number of carbonyl (C=O) groups excluding carboxylic acids is 2. The van der Waals surface area contributed by atoms with Crippen LogP contribution in [0.15, 0.2) is 12.4 Å². The van der Waals surface area contributed by atoms with Gasteiger partial charge in [-0.25, -0.2) is 14.2 Å². The van der Waals surface area contributed by atoms with Crippen LogP contribution in [-0.2, 0) is 9.53 Å².